The molecular formula is C27H31F3N4O3S. The average Bonchev–Trinajstić information content (AvgIpc) is 3.49. The molecular weight excluding hydrogens is 517 g/mol. The highest BCUT2D eigenvalue weighted by Gasteiger charge is 2.32. The quantitative estimate of drug-likeness (QED) is 0.433. The minimum absolute atomic E-state index is 0.209. The summed E-state index contributed by atoms with van der Waals surface area (Å²) in [5.41, 5.74) is 1.81. The molecule has 2 aliphatic heterocycles. The Balaban J connectivity index is 1.05. The number of β-amino-alcohol motifs (C(OH)–C–C–N with tert-alkyl or cyclic N) is 1. The number of hydrogen-bond acceptors (Lipinski definition) is 8. The average molecular weight is 549 g/mol. The van der Waals surface area contributed by atoms with Crippen LogP contribution in [-0.2, 0) is 11.0 Å². The maximum Gasteiger partial charge on any atom is 0.416 e. The van der Waals surface area contributed by atoms with E-state index in [9.17, 15) is 18.3 Å². The molecule has 38 heavy (non-hydrogen) atoms. The first-order valence-electron chi connectivity index (χ1n) is 12.7. The van der Waals surface area contributed by atoms with Crippen molar-refractivity contribution in [2.75, 3.05) is 39.3 Å². The molecule has 204 valence electrons. The van der Waals surface area contributed by atoms with Gasteiger partial charge in [0.1, 0.15) is 18.5 Å². The summed E-state index contributed by atoms with van der Waals surface area (Å²) in [6.45, 7) is 7.94. The van der Waals surface area contributed by atoms with Crippen LogP contribution >= 0.6 is 11.3 Å². The highest BCUT2D eigenvalue weighted by atomic mass is 32.1. The number of rotatable bonds is 8. The van der Waals surface area contributed by atoms with Crippen molar-refractivity contribution in [2.24, 2.45) is 5.16 Å². The summed E-state index contributed by atoms with van der Waals surface area (Å²) >= 11 is 1.64. The minimum Gasteiger partial charge on any atom is -0.491 e. The van der Waals surface area contributed by atoms with Crippen LogP contribution in [0.5, 0.6) is 5.75 Å². The van der Waals surface area contributed by atoms with Gasteiger partial charge < -0.3 is 14.7 Å². The van der Waals surface area contributed by atoms with Crippen molar-refractivity contribution in [1.82, 2.24) is 14.8 Å². The molecule has 0 radical (unpaired) electrons. The number of aryl methyl sites for hydroxylation is 1. The molecule has 2 aliphatic rings. The first-order chi connectivity index (χ1) is 18.1. The lowest BCUT2D eigenvalue weighted by molar-refractivity contribution is -0.137. The molecule has 5 rings (SSSR count). The summed E-state index contributed by atoms with van der Waals surface area (Å²) in [4.78, 5) is 14.6. The number of nitrogens with zero attached hydrogens (tertiary/aromatic N) is 4. The summed E-state index contributed by atoms with van der Waals surface area (Å²) < 4.78 is 45.4. The zero-order valence-corrected chi connectivity index (χ0v) is 22.1. The smallest absolute Gasteiger partial charge is 0.416 e. The predicted molar refractivity (Wildman–Crippen MR) is 141 cm³/mol. The van der Waals surface area contributed by atoms with E-state index in [1.165, 1.54) is 12.1 Å². The van der Waals surface area contributed by atoms with Crippen molar-refractivity contribution in [1.29, 1.82) is 0 Å². The van der Waals surface area contributed by atoms with Gasteiger partial charge in [-0.25, -0.2) is 4.98 Å². The number of oxime groups is 1. The third kappa shape index (κ3) is 6.45. The third-order valence-corrected chi connectivity index (χ3v) is 7.90. The second-order valence-electron chi connectivity index (χ2n) is 9.98. The lowest BCUT2D eigenvalue weighted by Gasteiger charge is -2.40. The minimum atomic E-state index is -4.35. The van der Waals surface area contributed by atoms with E-state index in [0.717, 1.165) is 52.7 Å². The van der Waals surface area contributed by atoms with E-state index in [2.05, 4.69) is 26.9 Å². The number of aliphatic hydroxyl groups excluding tert-OH is 1. The van der Waals surface area contributed by atoms with Crippen molar-refractivity contribution in [3.05, 3.63) is 58.6 Å². The lowest BCUT2D eigenvalue weighted by Crippen LogP contribution is -2.54. The molecule has 11 heteroatoms. The Bertz CT molecular complexity index is 1280. The summed E-state index contributed by atoms with van der Waals surface area (Å²) in [6, 6.07) is 11.1. The maximum atomic E-state index is 12.8. The van der Waals surface area contributed by atoms with Gasteiger partial charge in [-0.05, 0) is 43.7 Å². The Morgan fingerprint density at radius 1 is 1.18 bits per heavy atom. The molecule has 3 aromatic rings. The normalized spacial score (nSPS) is 21.9. The van der Waals surface area contributed by atoms with Crippen molar-refractivity contribution in [2.45, 2.75) is 44.7 Å². The fourth-order valence-corrected chi connectivity index (χ4v) is 5.76. The number of benzene rings is 2. The Hall–Kier alpha value is -2.73. The Kier molecular flexibility index (Phi) is 7.90. The van der Waals surface area contributed by atoms with E-state index in [1.807, 2.05) is 25.1 Å². The Labute approximate surface area is 223 Å². The van der Waals surface area contributed by atoms with E-state index in [4.69, 9.17) is 9.57 Å². The lowest BCUT2D eigenvalue weighted by atomic mass is 10.0. The van der Waals surface area contributed by atoms with Crippen LogP contribution in [0.2, 0.25) is 0 Å². The first kappa shape index (κ1) is 26.9. The van der Waals surface area contributed by atoms with Crippen LogP contribution in [0.4, 0.5) is 13.2 Å². The summed E-state index contributed by atoms with van der Waals surface area (Å²) in [5, 5.41) is 15.8. The maximum absolute atomic E-state index is 12.8. The highest BCUT2D eigenvalue weighted by molar-refractivity contribution is 7.18. The zero-order valence-electron chi connectivity index (χ0n) is 21.3. The molecule has 1 aromatic heterocycles. The first-order valence-corrected chi connectivity index (χ1v) is 13.5. The number of piperazine rings is 1. The SMILES string of the molecule is Cc1nc2cc(OCC(O)CN3CCN(CC4=NOC(c5ccc(C(F)(F)F)cc5)C4)C[C@@H]3C)ccc2s1. The van der Waals surface area contributed by atoms with Crippen LogP contribution < -0.4 is 4.74 Å². The molecule has 3 atom stereocenters. The number of halogens is 3. The monoisotopic (exact) mass is 548 g/mol. The van der Waals surface area contributed by atoms with Gasteiger partial charge in [0.05, 0.1) is 26.5 Å². The number of aromatic nitrogens is 1. The fourth-order valence-electron chi connectivity index (χ4n) is 4.96. The molecule has 1 saturated heterocycles. The van der Waals surface area contributed by atoms with E-state index >= 15 is 0 Å². The van der Waals surface area contributed by atoms with E-state index in [0.29, 0.717) is 30.8 Å². The molecule has 0 amide bonds. The number of aliphatic hydroxyl groups is 1. The largest absolute Gasteiger partial charge is 0.491 e. The second kappa shape index (κ2) is 11.2. The van der Waals surface area contributed by atoms with Gasteiger partial charge in [-0.1, -0.05) is 17.3 Å². The highest BCUT2D eigenvalue weighted by Crippen LogP contribution is 2.33. The van der Waals surface area contributed by atoms with Gasteiger partial charge in [0.25, 0.3) is 0 Å². The van der Waals surface area contributed by atoms with Crippen LogP contribution in [-0.4, -0.2) is 77.1 Å². The van der Waals surface area contributed by atoms with E-state index in [1.54, 1.807) is 11.3 Å². The predicted octanol–water partition coefficient (Wildman–Crippen LogP) is 4.89. The van der Waals surface area contributed by atoms with E-state index < -0.39 is 17.8 Å². The second-order valence-corrected chi connectivity index (χ2v) is 11.2. The molecule has 0 aliphatic carbocycles. The van der Waals surface area contributed by atoms with Gasteiger partial charge in [0.15, 0.2) is 6.10 Å². The van der Waals surface area contributed by atoms with Gasteiger partial charge in [0.2, 0.25) is 0 Å². The third-order valence-electron chi connectivity index (χ3n) is 6.95. The van der Waals surface area contributed by atoms with Crippen LogP contribution in [0.1, 0.15) is 35.6 Å². The Morgan fingerprint density at radius 2 is 1.97 bits per heavy atom. The van der Waals surface area contributed by atoms with Crippen LogP contribution in [0.3, 0.4) is 0 Å². The van der Waals surface area contributed by atoms with Gasteiger partial charge in [0, 0.05) is 51.3 Å². The van der Waals surface area contributed by atoms with Gasteiger partial charge in [-0.3, -0.25) is 9.80 Å². The van der Waals surface area contributed by atoms with Crippen molar-refractivity contribution >= 4 is 27.3 Å². The van der Waals surface area contributed by atoms with Crippen LogP contribution in [0.25, 0.3) is 10.2 Å². The molecule has 0 bridgehead atoms. The molecule has 7 nitrogen and oxygen atoms in total. The molecule has 1 fully saturated rings. The van der Waals surface area contributed by atoms with Crippen molar-refractivity contribution < 1.29 is 27.9 Å². The number of thiazole rings is 1. The molecule has 0 spiro atoms. The van der Waals surface area contributed by atoms with Gasteiger partial charge in [-0.2, -0.15) is 13.2 Å². The fraction of sp³-hybridized carbons (Fsp3) is 0.481. The van der Waals surface area contributed by atoms with Gasteiger partial charge in [-0.15, -0.1) is 11.3 Å². The van der Waals surface area contributed by atoms with Crippen LogP contribution in [0, 0.1) is 6.92 Å². The molecule has 3 heterocycles. The molecule has 0 saturated carbocycles. The van der Waals surface area contributed by atoms with Gasteiger partial charge >= 0.3 is 6.18 Å². The topological polar surface area (TPSA) is 70.4 Å². The number of fused-ring (bicyclic) bond motifs is 1. The molecule has 2 aromatic carbocycles. The summed E-state index contributed by atoms with van der Waals surface area (Å²) in [6.07, 6.45) is -4.77. The molecule has 2 unspecified atom stereocenters. The standard InChI is InChI=1S/C27H31F3N4O3S/c1-17-13-33(14-21-11-25(37-32-21)19-3-5-20(6-4-19)27(28,29)30)9-10-34(17)15-22(35)16-36-23-7-8-26-24(12-23)31-18(2)38-26/h3-8,12,17,22,25,35H,9-11,13-16H2,1-2H3/t17-,22?,25?/m0/s1. The molecule has 1 N–H and O–H groups in total. The van der Waals surface area contributed by atoms with Crippen molar-refractivity contribution in [3.63, 3.8) is 0 Å². The van der Waals surface area contributed by atoms with Crippen molar-refractivity contribution in [3.8, 4) is 5.75 Å². The summed E-state index contributed by atoms with van der Waals surface area (Å²) in [7, 11) is 0. The number of hydrogen-bond donors (Lipinski definition) is 1. The zero-order chi connectivity index (χ0) is 26.9. The van der Waals surface area contributed by atoms with E-state index in [-0.39, 0.29) is 18.8 Å². The summed E-state index contributed by atoms with van der Waals surface area (Å²) in [5.74, 6) is 0.703. The number of ether oxygens (including phenoxy) is 1. The Morgan fingerprint density at radius 3 is 2.71 bits per heavy atom. The van der Waals surface area contributed by atoms with Crippen LogP contribution in [0.15, 0.2) is 47.6 Å². The number of alkyl halides is 3.